The number of thiophene rings is 1. The van der Waals surface area contributed by atoms with Crippen LogP contribution in [0.5, 0.6) is 5.75 Å². The van der Waals surface area contributed by atoms with E-state index in [4.69, 9.17) is 4.74 Å². The molecule has 3 heteroatoms. The molecule has 0 atom stereocenters. The fourth-order valence-corrected chi connectivity index (χ4v) is 2.49. The minimum absolute atomic E-state index is 0.915. The predicted molar refractivity (Wildman–Crippen MR) is 64.0 cm³/mol. The number of hydrogen-bond acceptors (Lipinski definition) is 2. The second-order valence-electron chi connectivity index (χ2n) is 2.84. The van der Waals surface area contributed by atoms with Crippen LogP contribution in [-0.2, 0) is 0 Å². The molecule has 0 aliphatic heterocycles. The molecule has 72 valence electrons. The average Bonchev–Trinajstić information content (AvgIpc) is 2.65. The van der Waals surface area contributed by atoms with Crippen molar-refractivity contribution >= 4 is 27.3 Å². The van der Waals surface area contributed by atoms with Crippen molar-refractivity contribution in [1.82, 2.24) is 0 Å². The molecule has 2 aromatic rings. The topological polar surface area (TPSA) is 9.23 Å². The Morgan fingerprint density at radius 1 is 1.29 bits per heavy atom. The highest BCUT2D eigenvalue weighted by Crippen LogP contribution is 2.34. The Labute approximate surface area is 95.5 Å². The molecule has 1 aromatic heterocycles. The molecule has 0 aliphatic carbocycles. The summed E-state index contributed by atoms with van der Waals surface area (Å²) in [7, 11) is 1.69. The van der Waals surface area contributed by atoms with Gasteiger partial charge in [-0.05, 0) is 39.0 Å². The van der Waals surface area contributed by atoms with Gasteiger partial charge in [-0.3, -0.25) is 0 Å². The summed E-state index contributed by atoms with van der Waals surface area (Å²) < 4.78 is 6.44. The van der Waals surface area contributed by atoms with E-state index >= 15 is 0 Å². The lowest BCUT2D eigenvalue weighted by Crippen LogP contribution is -1.85. The standard InChI is InChI=1S/C11H9BrOS/c1-13-10-5-3-2-4-9(10)8-6-11(12)14-7-8/h2-7H,1H3. The predicted octanol–water partition coefficient (Wildman–Crippen LogP) is 4.19. The summed E-state index contributed by atoms with van der Waals surface area (Å²) >= 11 is 5.13. The fourth-order valence-electron chi connectivity index (χ4n) is 1.33. The van der Waals surface area contributed by atoms with E-state index in [1.165, 1.54) is 5.56 Å². The molecule has 0 saturated heterocycles. The molecular weight excluding hydrogens is 260 g/mol. The Bertz CT molecular complexity index is 436. The summed E-state index contributed by atoms with van der Waals surface area (Å²) in [4.78, 5) is 0. The van der Waals surface area contributed by atoms with Crippen molar-refractivity contribution in [1.29, 1.82) is 0 Å². The van der Waals surface area contributed by atoms with Crippen LogP contribution in [0.4, 0.5) is 0 Å². The SMILES string of the molecule is COc1ccccc1-c1csc(Br)c1. The van der Waals surface area contributed by atoms with Gasteiger partial charge in [0, 0.05) is 5.56 Å². The van der Waals surface area contributed by atoms with Gasteiger partial charge in [-0.15, -0.1) is 11.3 Å². The first-order valence-corrected chi connectivity index (χ1v) is 5.86. The first kappa shape index (κ1) is 9.74. The zero-order valence-corrected chi connectivity index (χ0v) is 10.1. The van der Waals surface area contributed by atoms with Gasteiger partial charge in [0.1, 0.15) is 5.75 Å². The highest BCUT2D eigenvalue weighted by Gasteiger charge is 2.05. The van der Waals surface area contributed by atoms with E-state index < -0.39 is 0 Å². The van der Waals surface area contributed by atoms with Crippen molar-refractivity contribution in [3.63, 3.8) is 0 Å². The number of para-hydroxylation sites is 1. The summed E-state index contributed by atoms with van der Waals surface area (Å²) in [5.74, 6) is 0.915. The van der Waals surface area contributed by atoms with Gasteiger partial charge < -0.3 is 4.74 Å². The van der Waals surface area contributed by atoms with Crippen molar-refractivity contribution in [3.8, 4) is 16.9 Å². The molecule has 1 aromatic carbocycles. The van der Waals surface area contributed by atoms with Crippen LogP contribution in [0.1, 0.15) is 0 Å². The van der Waals surface area contributed by atoms with E-state index in [0.717, 1.165) is 15.1 Å². The number of methoxy groups -OCH3 is 1. The van der Waals surface area contributed by atoms with Crippen molar-refractivity contribution in [2.45, 2.75) is 0 Å². The van der Waals surface area contributed by atoms with Crippen molar-refractivity contribution < 1.29 is 4.74 Å². The number of rotatable bonds is 2. The molecule has 0 unspecified atom stereocenters. The highest BCUT2D eigenvalue weighted by atomic mass is 79.9. The van der Waals surface area contributed by atoms with Gasteiger partial charge in [0.2, 0.25) is 0 Å². The minimum atomic E-state index is 0.915. The van der Waals surface area contributed by atoms with Crippen LogP contribution in [-0.4, -0.2) is 7.11 Å². The van der Waals surface area contributed by atoms with Crippen LogP contribution in [0.3, 0.4) is 0 Å². The zero-order valence-electron chi connectivity index (χ0n) is 7.66. The van der Waals surface area contributed by atoms with Crippen LogP contribution in [0.15, 0.2) is 39.5 Å². The van der Waals surface area contributed by atoms with Crippen LogP contribution < -0.4 is 4.74 Å². The number of halogens is 1. The van der Waals surface area contributed by atoms with Gasteiger partial charge in [0.25, 0.3) is 0 Å². The number of hydrogen-bond donors (Lipinski definition) is 0. The quantitative estimate of drug-likeness (QED) is 0.794. The second-order valence-corrected chi connectivity index (χ2v) is 5.13. The monoisotopic (exact) mass is 268 g/mol. The van der Waals surface area contributed by atoms with Crippen molar-refractivity contribution in [3.05, 3.63) is 39.5 Å². The van der Waals surface area contributed by atoms with Crippen LogP contribution >= 0.6 is 27.3 Å². The van der Waals surface area contributed by atoms with E-state index in [1.807, 2.05) is 18.2 Å². The fraction of sp³-hybridized carbons (Fsp3) is 0.0909. The van der Waals surface area contributed by atoms with Gasteiger partial charge in [0.05, 0.1) is 10.9 Å². The van der Waals surface area contributed by atoms with Gasteiger partial charge in [-0.25, -0.2) is 0 Å². The number of ether oxygens (including phenoxy) is 1. The Morgan fingerprint density at radius 3 is 2.71 bits per heavy atom. The van der Waals surface area contributed by atoms with E-state index in [2.05, 4.69) is 33.4 Å². The highest BCUT2D eigenvalue weighted by molar-refractivity contribution is 9.11. The lowest BCUT2D eigenvalue weighted by atomic mass is 10.1. The van der Waals surface area contributed by atoms with Crippen LogP contribution in [0, 0.1) is 0 Å². The number of benzene rings is 1. The summed E-state index contributed by atoms with van der Waals surface area (Å²) in [5.41, 5.74) is 2.33. The Hall–Kier alpha value is -0.800. The van der Waals surface area contributed by atoms with Gasteiger partial charge in [-0.1, -0.05) is 18.2 Å². The summed E-state index contributed by atoms with van der Waals surface area (Å²) in [5, 5.41) is 2.11. The molecule has 0 N–H and O–H groups in total. The van der Waals surface area contributed by atoms with E-state index in [0.29, 0.717) is 0 Å². The summed E-state index contributed by atoms with van der Waals surface area (Å²) in [6.45, 7) is 0. The lowest BCUT2D eigenvalue weighted by Gasteiger charge is -2.05. The first-order valence-electron chi connectivity index (χ1n) is 4.18. The molecule has 0 spiro atoms. The van der Waals surface area contributed by atoms with E-state index in [-0.39, 0.29) is 0 Å². The third kappa shape index (κ3) is 1.83. The van der Waals surface area contributed by atoms with Gasteiger partial charge in [-0.2, -0.15) is 0 Å². The average molecular weight is 269 g/mol. The van der Waals surface area contributed by atoms with E-state index in [1.54, 1.807) is 18.4 Å². The maximum atomic E-state index is 5.30. The molecule has 0 bridgehead atoms. The summed E-state index contributed by atoms with van der Waals surface area (Å²) in [6.07, 6.45) is 0. The largest absolute Gasteiger partial charge is 0.496 e. The first-order chi connectivity index (χ1) is 6.81. The molecular formula is C11H9BrOS. The van der Waals surface area contributed by atoms with Crippen molar-refractivity contribution in [2.24, 2.45) is 0 Å². The molecule has 0 saturated carbocycles. The second kappa shape index (κ2) is 4.15. The van der Waals surface area contributed by atoms with Crippen LogP contribution in [0.25, 0.3) is 11.1 Å². The smallest absolute Gasteiger partial charge is 0.126 e. The van der Waals surface area contributed by atoms with Crippen molar-refractivity contribution in [2.75, 3.05) is 7.11 Å². The Morgan fingerprint density at radius 2 is 2.07 bits per heavy atom. The molecule has 0 aliphatic rings. The molecule has 1 heterocycles. The molecule has 0 fully saturated rings. The molecule has 0 amide bonds. The zero-order chi connectivity index (χ0) is 9.97. The Kier molecular flexibility index (Phi) is 2.89. The lowest BCUT2D eigenvalue weighted by molar-refractivity contribution is 0.416. The third-order valence-electron chi connectivity index (χ3n) is 1.99. The maximum absolute atomic E-state index is 5.30. The molecule has 0 radical (unpaired) electrons. The van der Waals surface area contributed by atoms with Gasteiger partial charge >= 0.3 is 0 Å². The normalized spacial score (nSPS) is 10.1. The van der Waals surface area contributed by atoms with E-state index in [9.17, 15) is 0 Å². The molecule has 14 heavy (non-hydrogen) atoms. The Balaban J connectivity index is 2.50. The maximum Gasteiger partial charge on any atom is 0.126 e. The third-order valence-corrected chi connectivity index (χ3v) is 3.49. The molecule has 1 nitrogen and oxygen atoms in total. The minimum Gasteiger partial charge on any atom is -0.496 e. The van der Waals surface area contributed by atoms with Crippen LogP contribution in [0.2, 0.25) is 0 Å². The summed E-state index contributed by atoms with van der Waals surface area (Å²) in [6, 6.07) is 10.1. The molecule has 2 rings (SSSR count). The van der Waals surface area contributed by atoms with Gasteiger partial charge in [0.15, 0.2) is 0 Å².